The van der Waals surface area contributed by atoms with E-state index in [0.717, 1.165) is 17.8 Å². The number of hydrogen-bond acceptors (Lipinski definition) is 2. The van der Waals surface area contributed by atoms with Crippen molar-refractivity contribution in [2.24, 2.45) is 0 Å². The summed E-state index contributed by atoms with van der Waals surface area (Å²) < 4.78 is 0. The quantitative estimate of drug-likeness (QED) is 0.729. The molecule has 104 valence electrons. The zero-order chi connectivity index (χ0) is 13.7. The minimum absolute atomic E-state index is 0.254. The smallest absolute Gasteiger partial charge is 0.164 e. The fourth-order valence-corrected chi connectivity index (χ4v) is 3.17. The largest absolute Gasteiger partial charge is 0.368 e. The first-order chi connectivity index (χ1) is 9.27. The van der Waals surface area contributed by atoms with Crippen molar-refractivity contribution in [2.75, 3.05) is 11.4 Å². The molecular weight excluding hydrogens is 234 g/mol. The van der Waals surface area contributed by atoms with Crippen molar-refractivity contribution >= 4 is 11.5 Å². The number of carbonyl (C=O) groups is 1. The van der Waals surface area contributed by atoms with Crippen LogP contribution in [0.2, 0.25) is 0 Å². The second-order valence-corrected chi connectivity index (χ2v) is 5.37. The van der Waals surface area contributed by atoms with Crippen LogP contribution in [0, 0.1) is 0 Å². The number of hydrogen-bond donors (Lipinski definition) is 0. The summed E-state index contributed by atoms with van der Waals surface area (Å²) in [6.07, 6.45) is 7.13. The third kappa shape index (κ3) is 3.17. The van der Waals surface area contributed by atoms with Crippen molar-refractivity contribution in [1.29, 1.82) is 0 Å². The number of nitrogens with zero attached hydrogens (tertiary/aromatic N) is 1. The fraction of sp³-hybridized carbons (Fsp3) is 0.588. The van der Waals surface area contributed by atoms with Gasteiger partial charge in [0, 0.05) is 30.3 Å². The maximum absolute atomic E-state index is 12.1. The second kappa shape index (κ2) is 6.74. The Morgan fingerprint density at radius 1 is 1.16 bits per heavy atom. The number of rotatable bonds is 5. The van der Waals surface area contributed by atoms with E-state index in [-0.39, 0.29) is 5.78 Å². The molecule has 0 atom stereocenters. The molecule has 0 unspecified atom stereocenters. The maximum Gasteiger partial charge on any atom is 0.164 e. The molecule has 0 aromatic heterocycles. The predicted molar refractivity (Wildman–Crippen MR) is 81.0 cm³/mol. The number of para-hydroxylation sites is 1. The highest BCUT2D eigenvalue weighted by Gasteiger charge is 2.23. The van der Waals surface area contributed by atoms with Crippen LogP contribution in [-0.2, 0) is 0 Å². The van der Waals surface area contributed by atoms with Gasteiger partial charge in [0.2, 0.25) is 0 Å². The molecule has 1 aliphatic carbocycles. The van der Waals surface area contributed by atoms with E-state index in [1.807, 2.05) is 25.1 Å². The molecule has 2 rings (SSSR count). The van der Waals surface area contributed by atoms with Gasteiger partial charge in [-0.1, -0.05) is 38.3 Å². The van der Waals surface area contributed by atoms with E-state index in [0.29, 0.717) is 12.5 Å². The molecule has 0 aliphatic heterocycles. The van der Waals surface area contributed by atoms with E-state index in [9.17, 15) is 4.79 Å². The average Bonchev–Trinajstić information content (AvgIpc) is 2.49. The molecule has 0 heterocycles. The summed E-state index contributed by atoms with van der Waals surface area (Å²) in [5, 5.41) is 0. The lowest BCUT2D eigenvalue weighted by Gasteiger charge is -2.36. The first kappa shape index (κ1) is 14.1. The molecule has 2 heteroatoms. The van der Waals surface area contributed by atoms with Crippen molar-refractivity contribution in [3.05, 3.63) is 29.8 Å². The summed E-state index contributed by atoms with van der Waals surface area (Å²) in [4.78, 5) is 14.6. The van der Waals surface area contributed by atoms with E-state index in [2.05, 4.69) is 17.9 Å². The van der Waals surface area contributed by atoms with Gasteiger partial charge in [0.1, 0.15) is 0 Å². The standard InChI is InChI=1S/C17H25NO/c1-3-17(19)15-12-8-9-13-16(15)18(4-2)14-10-6-5-7-11-14/h8-9,12-14H,3-7,10-11H2,1-2H3. The molecule has 19 heavy (non-hydrogen) atoms. The lowest BCUT2D eigenvalue weighted by molar-refractivity contribution is 0.0988. The Morgan fingerprint density at radius 2 is 1.84 bits per heavy atom. The minimum atomic E-state index is 0.254. The Bertz CT molecular complexity index is 421. The van der Waals surface area contributed by atoms with E-state index < -0.39 is 0 Å². The van der Waals surface area contributed by atoms with Gasteiger partial charge < -0.3 is 4.90 Å². The first-order valence-corrected chi connectivity index (χ1v) is 7.66. The number of carbonyl (C=O) groups excluding carboxylic acids is 1. The SMILES string of the molecule is CCC(=O)c1ccccc1N(CC)C1CCCCC1. The Balaban J connectivity index is 2.29. The van der Waals surface area contributed by atoms with Gasteiger partial charge in [-0.2, -0.15) is 0 Å². The molecule has 1 aromatic rings. The Morgan fingerprint density at radius 3 is 2.47 bits per heavy atom. The van der Waals surface area contributed by atoms with Crippen LogP contribution in [0.3, 0.4) is 0 Å². The van der Waals surface area contributed by atoms with Crippen LogP contribution in [0.4, 0.5) is 5.69 Å². The van der Waals surface area contributed by atoms with Gasteiger partial charge >= 0.3 is 0 Å². The molecule has 0 radical (unpaired) electrons. The van der Waals surface area contributed by atoms with E-state index in [1.165, 1.54) is 32.1 Å². The van der Waals surface area contributed by atoms with Crippen LogP contribution in [0.15, 0.2) is 24.3 Å². The van der Waals surface area contributed by atoms with Gasteiger partial charge in [-0.3, -0.25) is 4.79 Å². The molecule has 0 amide bonds. The number of benzene rings is 1. The third-order valence-corrected chi connectivity index (χ3v) is 4.19. The molecule has 2 nitrogen and oxygen atoms in total. The molecule has 0 N–H and O–H groups in total. The highest BCUT2D eigenvalue weighted by molar-refractivity contribution is 6.01. The molecule has 0 saturated heterocycles. The average molecular weight is 259 g/mol. The highest BCUT2D eigenvalue weighted by Crippen LogP contribution is 2.30. The molecule has 1 aromatic carbocycles. The van der Waals surface area contributed by atoms with Gasteiger partial charge in [0.25, 0.3) is 0 Å². The van der Waals surface area contributed by atoms with Gasteiger partial charge in [-0.05, 0) is 31.9 Å². The van der Waals surface area contributed by atoms with Crippen molar-refractivity contribution < 1.29 is 4.79 Å². The Kier molecular flexibility index (Phi) is 5.00. The zero-order valence-electron chi connectivity index (χ0n) is 12.2. The van der Waals surface area contributed by atoms with Crippen molar-refractivity contribution in [2.45, 2.75) is 58.4 Å². The second-order valence-electron chi connectivity index (χ2n) is 5.37. The van der Waals surface area contributed by atoms with Gasteiger partial charge in [-0.15, -0.1) is 0 Å². The normalized spacial score (nSPS) is 16.3. The Hall–Kier alpha value is -1.31. The van der Waals surface area contributed by atoms with Gasteiger partial charge in [0.15, 0.2) is 5.78 Å². The topological polar surface area (TPSA) is 20.3 Å². The van der Waals surface area contributed by atoms with E-state index >= 15 is 0 Å². The van der Waals surface area contributed by atoms with Crippen LogP contribution in [-0.4, -0.2) is 18.4 Å². The lowest BCUT2D eigenvalue weighted by atomic mass is 9.93. The highest BCUT2D eigenvalue weighted by atomic mass is 16.1. The molecule has 1 saturated carbocycles. The zero-order valence-corrected chi connectivity index (χ0v) is 12.2. The maximum atomic E-state index is 12.1. The number of anilines is 1. The van der Waals surface area contributed by atoms with Crippen LogP contribution < -0.4 is 4.90 Å². The summed E-state index contributed by atoms with van der Waals surface area (Å²) in [6.45, 7) is 5.12. The fourth-order valence-electron chi connectivity index (χ4n) is 3.17. The summed E-state index contributed by atoms with van der Waals surface area (Å²) in [5.74, 6) is 0.254. The predicted octanol–water partition coefficient (Wildman–Crippen LogP) is 4.44. The minimum Gasteiger partial charge on any atom is -0.368 e. The van der Waals surface area contributed by atoms with E-state index in [4.69, 9.17) is 0 Å². The first-order valence-electron chi connectivity index (χ1n) is 7.66. The van der Waals surface area contributed by atoms with Crippen LogP contribution in [0.1, 0.15) is 62.7 Å². The molecular formula is C17H25NO. The van der Waals surface area contributed by atoms with Crippen molar-refractivity contribution in [3.63, 3.8) is 0 Å². The van der Waals surface area contributed by atoms with Crippen molar-refractivity contribution in [3.8, 4) is 0 Å². The van der Waals surface area contributed by atoms with Crippen LogP contribution in [0.5, 0.6) is 0 Å². The molecule has 0 spiro atoms. The van der Waals surface area contributed by atoms with Crippen LogP contribution in [0.25, 0.3) is 0 Å². The molecule has 1 fully saturated rings. The summed E-state index contributed by atoms with van der Waals surface area (Å²) >= 11 is 0. The van der Waals surface area contributed by atoms with Crippen LogP contribution >= 0.6 is 0 Å². The number of ketones is 1. The monoisotopic (exact) mass is 259 g/mol. The van der Waals surface area contributed by atoms with Gasteiger partial charge in [0.05, 0.1) is 0 Å². The van der Waals surface area contributed by atoms with E-state index in [1.54, 1.807) is 0 Å². The molecule has 0 bridgehead atoms. The van der Waals surface area contributed by atoms with Gasteiger partial charge in [-0.25, -0.2) is 0 Å². The Labute approximate surface area is 116 Å². The summed E-state index contributed by atoms with van der Waals surface area (Å²) in [5.41, 5.74) is 2.04. The summed E-state index contributed by atoms with van der Waals surface area (Å²) in [7, 11) is 0. The van der Waals surface area contributed by atoms with Crippen molar-refractivity contribution in [1.82, 2.24) is 0 Å². The molecule has 1 aliphatic rings. The number of Topliss-reactive ketones (excluding diaryl/α,β-unsaturated/α-hetero) is 1. The third-order valence-electron chi connectivity index (χ3n) is 4.19. The summed E-state index contributed by atoms with van der Waals surface area (Å²) in [6, 6.07) is 8.73. The lowest BCUT2D eigenvalue weighted by Crippen LogP contribution is -2.37.